The lowest BCUT2D eigenvalue weighted by Gasteiger charge is -2.28. The largest absolute Gasteiger partial charge is 0.493 e. The van der Waals surface area contributed by atoms with Gasteiger partial charge >= 0.3 is 0 Å². The molecule has 1 aromatic carbocycles. The predicted molar refractivity (Wildman–Crippen MR) is 104 cm³/mol. The van der Waals surface area contributed by atoms with Gasteiger partial charge in [0.1, 0.15) is 12.1 Å². The van der Waals surface area contributed by atoms with Crippen molar-refractivity contribution in [2.45, 2.75) is 32.2 Å². The first kappa shape index (κ1) is 16.2. The quantitative estimate of drug-likeness (QED) is 0.839. The molecule has 1 N–H and O–H groups in total. The van der Waals surface area contributed by atoms with E-state index in [9.17, 15) is 0 Å². The van der Waals surface area contributed by atoms with Crippen molar-refractivity contribution < 1.29 is 4.74 Å². The summed E-state index contributed by atoms with van der Waals surface area (Å²) in [6, 6.07) is 7.02. The van der Waals surface area contributed by atoms with Crippen molar-refractivity contribution in [3.8, 4) is 5.75 Å². The van der Waals surface area contributed by atoms with Crippen LogP contribution in [0.2, 0.25) is 0 Å². The molecule has 0 bridgehead atoms. The molecule has 6 nitrogen and oxygen atoms in total. The third kappa shape index (κ3) is 2.61. The molecule has 0 amide bonds. The molecule has 7 heteroatoms. The molecule has 0 atom stereocenters. The molecule has 0 saturated carbocycles. The molecule has 26 heavy (non-hydrogen) atoms. The average Bonchev–Trinajstić information content (AvgIpc) is 3.18. The first-order valence-corrected chi connectivity index (χ1v) is 10.0. The Morgan fingerprint density at radius 3 is 2.96 bits per heavy atom. The molecule has 0 radical (unpaired) electrons. The fraction of sp³-hybridized carbons (Fsp3) is 0.474. The minimum absolute atomic E-state index is 0.293. The molecule has 0 aliphatic carbocycles. The smallest absolute Gasteiger partial charge is 0.234 e. The molecule has 5 rings (SSSR count). The van der Waals surface area contributed by atoms with Gasteiger partial charge in [-0.3, -0.25) is 4.31 Å². The maximum atomic E-state index is 6.04. The Bertz CT molecular complexity index is 871. The molecule has 0 spiro atoms. The molecule has 1 fully saturated rings. The van der Waals surface area contributed by atoms with Crippen LogP contribution < -0.4 is 14.4 Å². The molecule has 4 heterocycles. The van der Waals surface area contributed by atoms with E-state index in [1.165, 1.54) is 21.6 Å². The summed E-state index contributed by atoms with van der Waals surface area (Å²) in [6.45, 7) is 7.99. The highest BCUT2D eigenvalue weighted by Crippen LogP contribution is 2.46. The van der Waals surface area contributed by atoms with Gasteiger partial charge in [0.25, 0.3) is 0 Å². The molecule has 136 valence electrons. The van der Waals surface area contributed by atoms with E-state index in [2.05, 4.69) is 51.8 Å². The zero-order chi connectivity index (χ0) is 17.7. The van der Waals surface area contributed by atoms with E-state index < -0.39 is 0 Å². The van der Waals surface area contributed by atoms with E-state index in [1.54, 1.807) is 18.3 Å². The fourth-order valence-electron chi connectivity index (χ4n) is 3.72. The Morgan fingerprint density at radius 1 is 1.31 bits per heavy atom. The van der Waals surface area contributed by atoms with Crippen LogP contribution in [0.4, 0.5) is 5.95 Å². The van der Waals surface area contributed by atoms with Crippen LogP contribution in [0, 0.1) is 0 Å². The zero-order valence-corrected chi connectivity index (χ0v) is 15.9. The standard InChI is InChI=1S/C19H23N5OS/c1-12(2)24-19(21-11-22-24)23-10-16-15-7-13(14-8-20-9-14)3-4-17(15)25-6-5-18(16)26-23/h3-4,7,11-12,14,20H,5-6,8-10H2,1-2H3. The Balaban J connectivity index is 1.49. The van der Waals surface area contributed by atoms with E-state index in [0.29, 0.717) is 12.0 Å². The molecule has 1 aromatic heterocycles. The van der Waals surface area contributed by atoms with E-state index >= 15 is 0 Å². The highest BCUT2D eigenvalue weighted by atomic mass is 32.2. The van der Waals surface area contributed by atoms with E-state index in [1.807, 2.05) is 4.68 Å². The van der Waals surface area contributed by atoms with Gasteiger partial charge in [0.15, 0.2) is 0 Å². The number of rotatable bonds is 3. The van der Waals surface area contributed by atoms with Crippen molar-refractivity contribution in [2.24, 2.45) is 0 Å². The summed E-state index contributed by atoms with van der Waals surface area (Å²) < 4.78 is 10.3. The summed E-state index contributed by atoms with van der Waals surface area (Å²) in [5, 5.41) is 7.76. The number of benzene rings is 1. The lowest BCUT2D eigenvalue weighted by atomic mass is 9.90. The van der Waals surface area contributed by atoms with Crippen LogP contribution in [-0.4, -0.2) is 41.0 Å². The Morgan fingerprint density at radius 2 is 2.19 bits per heavy atom. The van der Waals surface area contributed by atoms with Crippen LogP contribution in [0.3, 0.4) is 0 Å². The molecule has 1 saturated heterocycles. The number of nitrogens with zero attached hydrogens (tertiary/aromatic N) is 4. The minimum Gasteiger partial charge on any atom is -0.493 e. The highest BCUT2D eigenvalue weighted by Gasteiger charge is 2.32. The molecule has 3 aliphatic rings. The fourth-order valence-corrected chi connectivity index (χ4v) is 4.86. The van der Waals surface area contributed by atoms with Crippen molar-refractivity contribution >= 4 is 23.5 Å². The van der Waals surface area contributed by atoms with Gasteiger partial charge in [0, 0.05) is 35.9 Å². The first-order chi connectivity index (χ1) is 12.7. The maximum Gasteiger partial charge on any atom is 0.234 e. The number of fused-ring (bicyclic) bond motifs is 2. The summed E-state index contributed by atoms with van der Waals surface area (Å²) in [6.07, 6.45) is 2.60. The summed E-state index contributed by atoms with van der Waals surface area (Å²) in [4.78, 5) is 5.91. The average molecular weight is 369 g/mol. The van der Waals surface area contributed by atoms with Crippen LogP contribution >= 0.6 is 11.9 Å². The van der Waals surface area contributed by atoms with Gasteiger partial charge in [-0.25, -0.2) is 4.68 Å². The van der Waals surface area contributed by atoms with Gasteiger partial charge in [-0.15, -0.1) is 0 Å². The minimum atomic E-state index is 0.293. The summed E-state index contributed by atoms with van der Waals surface area (Å²) >= 11 is 1.79. The van der Waals surface area contributed by atoms with Crippen molar-refractivity contribution in [1.29, 1.82) is 0 Å². The van der Waals surface area contributed by atoms with Gasteiger partial charge < -0.3 is 10.1 Å². The summed E-state index contributed by atoms with van der Waals surface area (Å²) in [5.41, 5.74) is 4.05. The Hall–Kier alpha value is -1.99. The lowest BCUT2D eigenvalue weighted by Crippen LogP contribution is -2.39. The second-order valence-electron chi connectivity index (χ2n) is 7.34. The molecular formula is C19H23N5OS. The number of ether oxygens (including phenoxy) is 1. The zero-order valence-electron chi connectivity index (χ0n) is 15.1. The number of nitrogens with one attached hydrogen (secondary N) is 1. The monoisotopic (exact) mass is 369 g/mol. The molecule has 3 aliphatic heterocycles. The maximum absolute atomic E-state index is 6.04. The molecule has 0 unspecified atom stereocenters. The van der Waals surface area contributed by atoms with Crippen molar-refractivity contribution in [1.82, 2.24) is 20.1 Å². The van der Waals surface area contributed by atoms with Crippen molar-refractivity contribution in [3.05, 3.63) is 40.6 Å². The topological polar surface area (TPSA) is 55.2 Å². The van der Waals surface area contributed by atoms with Gasteiger partial charge in [-0.1, -0.05) is 6.07 Å². The van der Waals surface area contributed by atoms with Gasteiger partial charge in [0.05, 0.1) is 19.2 Å². The third-order valence-electron chi connectivity index (χ3n) is 5.29. The first-order valence-electron chi connectivity index (χ1n) is 9.25. The SMILES string of the molecule is CC(C)n1ncnc1N1CC2=C(CCOc3ccc(C4CNC4)cc32)S1. The second kappa shape index (κ2) is 6.32. The number of aromatic nitrogens is 3. The van der Waals surface area contributed by atoms with E-state index in [4.69, 9.17) is 4.74 Å². The highest BCUT2D eigenvalue weighted by molar-refractivity contribution is 8.04. The van der Waals surface area contributed by atoms with Crippen LogP contribution in [0.15, 0.2) is 29.4 Å². The normalized spacial score (nSPS) is 19.9. The third-order valence-corrected chi connectivity index (χ3v) is 6.48. The number of anilines is 1. The van der Waals surface area contributed by atoms with Crippen LogP contribution in [0.1, 0.15) is 43.4 Å². The summed E-state index contributed by atoms with van der Waals surface area (Å²) in [7, 11) is 0. The van der Waals surface area contributed by atoms with Gasteiger partial charge in [0.2, 0.25) is 5.95 Å². The Kier molecular flexibility index (Phi) is 3.94. The van der Waals surface area contributed by atoms with Gasteiger partial charge in [-0.05, 0) is 49.1 Å². The summed E-state index contributed by atoms with van der Waals surface area (Å²) in [5.74, 6) is 2.57. The second-order valence-corrected chi connectivity index (χ2v) is 8.45. The van der Waals surface area contributed by atoms with Crippen molar-refractivity contribution in [3.63, 3.8) is 0 Å². The van der Waals surface area contributed by atoms with Crippen molar-refractivity contribution in [2.75, 3.05) is 30.5 Å². The van der Waals surface area contributed by atoms with Crippen LogP contribution in [0.25, 0.3) is 5.57 Å². The van der Waals surface area contributed by atoms with Crippen LogP contribution in [0.5, 0.6) is 5.75 Å². The van der Waals surface area contributed by atoms with E-state index in [-0.39, 0.29) is 0 Å². The Labute approximate surface area is 157 Å². The van der Waals surface area contributed by atoms with E-state index in [0.717, 1.165) is 44.4 Å². The number of hydrogen-bond donors (Lipinski definition) is 1. The van der Waals surface area contributed by atoms with Crippen LogP contribution in [-0.2, 0) is 0 Å². The lowest BCUT2D eigenvalue weighted by molar-refractivity contribution is 0.325. The predicted octanol–water partition coefficient (Wildman–Crippen LogP) is 3.21. The number of hydrogen-bond acceptors (Lipinski definition) is 6. The van der Waals surface area contributed by atoms with Gasteiger partial charge in [-0.2, -0.15) is 10.1 Å². The molecular weight excluding hydrogens is 346 g/mol. The molecule has 2 aromatic rings.